The summed E-state index contributed by atoms with van der Waals surface area (Å²) in [5.74, 6) is 0.833. The molecule has 1 N–H and O–H groups in total. The van der Waals surface area contributed by atoms with E-state index in [2.05, 4.69) is 50.4 Å². The molecule has 0 heterocycles. The van der Waals surface area contributed by atoms with Crippen LogP contribution < -0.4 is 5.32 Å². The third kappa shape index (κ3) is 2.93. The van der Waals surface area contributed by atoms with Crippen LogP contribution in [0.5, 0.6) is 0 Å². The highest BCUT2D eigenvalue weighted by atomic mass is 15.0. The lowest BCUT2D eigenvalue weighted by atomic mass is 9.69. The molecule has 0 bridgehead atoms. The minimum absolute atomic E-state index is 0.434. The summed E-state index contributed by atoms with van der Waals surface area (Å²) in [7, 11) is 0. The first-order chi connectivity index (χ1) is 9.54. The van der Waals surface area contributed by atoms with E-state index in [0.717, 1.165) is 12.0 Å². The monoisotopic (exact) mass is 271 g/mol. The van der Waals surface area contributed by atoms with Crippen molar-refractivity contribution in [1.82, 2.24) is 5.32 Å². The van der Waals surface area contributed by atoms with Crippen LogP contribution in [-0.2, 0) is 12.8 Å². The zero-order valence-electron chi connectivity index (χ0n) is 13.3. The van der Waals surface area contributed by atoms with Gasteiger partial charge in [0.15, 0.2) is 0 Å². The first-order valence-electron chi connectivity index (χ1n) is 8.37. The maximum absolute atomic E-state index is 4.02. The highest BCUT2D eigenvalue weighted by Crippen LogP contribution is 2.38. The molecule has 1 saturated carbocycles. The van der Waals surface area contributed by atoms with Gasteiger partial charge < -0.3 is 5.32 Å². The number of rotatable bonds is 2. The van der Waals surface area contributed by atoms with Crippen molar-refractivity contribution in [3.8, 4) is 0 Å². The molecule has 1 aromatic rings. The lowest BCUT2D eigenvalue weighted by molar-refractivity contribution is 0.123. The van der Waals surface area contributed by atoms with Crippen LogP contribution >= 0.6 is 0 Å². The molecule has 2 aliphatic carbocycles. The quantitative estimate of drug-likeness (QED) is 0.843. The molecule has 2 atom stereocenters. The molecule has 1 nitrogen and oxygen atoms in total. The summed E-state index contributed by atoms with van der Waals surface area (Å²) < 4.78 is 0. The molecule has 1 fully saturated rings. The van der Waals surface area contributed by atoms with E-state index < -0.39 is 0 Å². The van der Waals surface area contributed by atoms with Gasteiger partial charge in [0.2, 0.25) is 0 Å². The van der Waals surface area contributed by atoms with Crippen molar-refractivity contribution in [2.45, 2.75) is 71.4 Å². The second-order valence-electron chi connectivity index (χ2n) is 7.90. The van der Waals surface area contributed by atoms with E-state index in [0.29, 0.717) is 11.5 Å². The predicted molar refractivity (Wildman–Crippen MR) is 86.0 cm³/mol. The van der Waals surface area contributed by atoms with Crippen molar-refractivity contribution < 1.29 is 0 Å². The molecule has 1 aromatic carbocycles. The Balaban J connectivity index is 1.66. The van der Waals surface area contributed by atoms with Crippen LogP contribution in [0.25, 0.3) is 0 Å². The van der Waals surface area contributed by atoms with Gasteiger partial charge in [-0.25, -0.2) is 0 Å². The number of benzene rings is 1. The van der Waals surface area contributed by atoms with Crippen LogP contribution in [0, 0.1) is 11.3 Å². The predicted octanol–water partition coefficient (Wildman–Crippen LogP) is 4.35. The van der Waals surface area contributed by atoms with Crippen LogP contribution in [0.1, 0.15) is 57.6 Å². The lowest BCUT2D eigenvalue weighted by Crippen LogP contribution is -2.48. The Morgan fingerprint density at radius 2 is 1.55 bits per heavy atom. The van der Waals surface area contributed by atoms with Crippen LogP contribution in [0.3, 0.4) is 0 Å². The van der Waals surface area contributed by atoms with E-state index in [-0.39, 0.29) is 0 Å². The largest absolute Gasteiger partial charge is 0.310 e. The van der Waals surface area contributed by atoms with Gasteiger partial charge in [-0.05, 0) is 48.1 Å². The van der Waals surface area contributed by atoms with E-state index in [1.807, 2.05) is 0 Å². The Morgan fingerprint density at radius 1 is 0.950 bits per heavy atom. The zero-order valence-corrected chi connectivity index (χ0v) is 13.3. The molecule has 0 saturated heterocycles. The number of nitrogens with one attached hydrogen (secondary N) is 1. The minimum atomic E-state index is 0.434. The third-order valence-electron chi connectivity index (χ3n) is 5.38. The summed E-state index contributed by atoms with van der Waals surface area (Å²) in [6.07, 6.45) is 8.05. The molecular formula is C19H29N. The van der Waals surface area contributed by atoms with Gasteiger partial charge in [-0.2, -0.15) is 0 Å². The van der Waals surface area contributed by atoms with Crippen LogP contribution in [0.15, 0.2) is 24.3 Å². The van der Waals surface area contributed by atoms with Gasteiger partial charge in [-0.1, -0.05) is 57.9 Å². The molecular weight excluding hydrogens is 242 g/mol. The average Bonchev–Trinajstić information content (AvgIpc) is 2.80. The fraction of sp³-hybridized carbons (Fsp3) is 0.684. The molecule has 2 aliphatic rings. The van der Waals surface area contributed by atoms with Gasteiger partial charge in [0.1, 0.15) is 0 Å². The van der Waals surface area contributed by atoms with Gasteiger partial charge in [0.25, 0.3) is 0 Å². The van der Waals surface area contributed by atoms with Crippen molar-refractivity contribution in [2.75, 3.05) is 0 Å². The smallest absolute Gasteiger partial charge is 0.0151 e. The van der Waals surface area contributed by atoms with Crippen molar-refractivity contribution in [3.63, 3.8) is 0 Å². The topological polar surface area (TPSA) is 12.0 Å². The van der Waals surface area contributed by atoms with E-state index in [9.17, 15) is 0 Å². The highest BCUT2D eigenvalue weighted by Gasteiger charge is 2.35. The SMILES string of the molecule is CC(C)(C)C1CCCCC1NC1Cc2ccccc2C1. The third-order valence-corrected chi connectivity index (χ3v) is 5.38. The van der Waals surface area contributed by atoms with Crippen LogP contribution in [0.2, 0.25) is 0 Å². The summed E-state index contributed by atoms with van der Waals surface area (Å²) in [5.41, 5.74) is 3.56. The number of hydrogen-bond acceptors (Lipinski definition) is 1. The molecule has 20 heavy (non-hydrogen) atoms. The minimum Gasteiger partial charge on any atom is -0.310 e. The Labute approximate surface area is 124 Å². The van der Waals surface area contributed by atoms with Gasteiger partial charge >= 0.3 is 0 Å². The first kappa shape index (κ1) is 14.1. The van der Waals surface area contributed by atoms with Crippen molar-refractivity contribution >= 4 is 0 Å². The summed E-state index contributed by atoms with van der Waals surface area (Å²) >= 11 is 0. The molecule has 0 radical (unpaired) electrons. The van der Waals surface area contributed by atoms with Gasteiger partial charge in [0, 0.05) is 12.1 Å². The normalized spacial score (nSPS) is 27.6. The van der Waals surface area contributed by atoms with E-state index in [4.69, 9.17) is 0 Å². The fourth-order valence-corrected chi connectivity index (χ4v) is 4.35. The number of fused-ring (bicyclic) bond motifs is 1. The number of hydrogen-bond donors (Lipinski definition) is 1. The summed E-state index contributed by atoms with van der Waals surface area (Å²) in [5, 5.41) is 4.02. The maximum atomic E-state index is 4.02. The second kappa shape index (κ2) is 5.52. The highest BCUT2D eigenvalue weighted by molar-refractivity contribution is 5.33. The van der Waals surface area contributed by atoms with E-state index >= 15 is 0 Å². The Kier molecular flexibility index (Phi) is 3.90. The van der Waals surface area contributed by atoms with Crippen molar-refractivity contribution in [3.05, 3.63) is 35.4 Å². The van der Waals surface area contributed by atoms with Crippen LogP contribution in [-0.4, -0.2) is 12.1 Å². The van der Waals surface area contributed by atoms with Crippen molar-refractivity contribution in [1.29, 1.82) is 0 Å². The summed E-state index contributed by atoms with van der Waals surface area (Å²) in [4.78, 5) is 0. The Hall–Kier alpha value is -0.820. The molecule has 1 heteroatoms. The molecule has 3 rings (SSSR count). The Morgan fingerprint density at radius 3 is 2.15 bits per heavy atom. The molecule has 0 aromatic heterocycles. The zero-order chi connectivity index (χ0) is 14.2. The standard InChI is InChI=1S/C19H29N/c1-19(2,3)17-10-6-7-11-18(17)20-16-12-14-8-4-5-9-15(14)13-16/h4-5,8-9,16-18,20H,6-7,10-13H2,1-3H3. The molecule has 0 spiro atoms. The van der Waals surface area contributed by atoms with Crippen LogP contribution in [0.4, 0.5) is 0 Å². The fourth-order valence-electron chi connectivity index (χ4n) is 4.35. The van der Waals surface area contributed by atoms with Gasteiger partial charge in [-0.15, -0.1) is 0 Å². The molecule has 2 unspecified atom stereocenters. The maximum Gasteiger partial charge on any atom is 0.0151 e. The summed E-state index contributed by atoms with van der Waals surface area (Å²) in [6, 6.07) is 10.4. The molecule has 0 amide bonds. The van der Waals surface area contributed by atoms with E-state index in [1.165, 1.54) is 38.5 Å². The van der Waals surface area contributed by atoms with Gasteiger partial charge in [0.05, 0.1) is 0 Å². The molecule has 110 valence electrons. The molecule has 0 aliphatic heterocycles. The first-order valence-corrected chi connectivity index (χ1v) is 8.37. The second-order valence-corrected chi connectivity index (χ2v) is 7.90. The lowest BCUT2D eigenvalue weighted by Gasteiger charge is -2.42. The van der Waals surface area contributed by atoms with E-state index in [1.54, 1.807) is 11.1 Å². The van der Waals surface area contributed by atoms with Crippen molar-refractivity contribution in [2.24, 2.45) is 11.3 Å². The Bertz CT molecular complexity index is 432. The summed E-state index contributed by atoms with van der Waals surface area (Å²) in [6.45, 7) is 7.25. The average molecular weight is 271 g/mol. The van der Waals surface area contributed by atoms with Gasteiger partial charge in [-0.3, -0.25) is 0 Å².